The van der Waals surface area contributed by atoms with Gasteiger partial charge >= 0.3 is 0 Å². The zero-order valence-corrected chi connectivity index (χ0v) is 15.2. The first kappa shape index (κ1) is 22.5. The third kappa shape index (κ3) is 8.20. The van der Waals surface area contributed by atoms with Crippen LogP contribution in [0.2, 0.25) is 5.02 Å². The number of nitrogens with two attached hydrogens (primary N) is 3. The van der Waals surface area contributed by atoms with Crippen LogP contribution in [-0.4, -0.2) is 11.9 Å². The van der Waals surface area contributed by atoms with Crippen molar-refractivity contribution >= 4 is 65.4 Å². The van der Waals surface area contributed by atoms with Crippen LogP contribution in [0.1, 0.15) is 0 Å². The van der Waals surface area contributed by atoms with Gasteiger partial charge in [-0.3, -0.25) is 5.43 Å². The standard InChI is InChI=1S/C14H15ClN8.2ClH/c15-9-1-3-10(4-2-9)19-14(18)23-21-12-7-5-11(6-8-12)20-22-13(16)17;;/h1-8,20H,(H2,18,19)(H4,16,17,22);2*1H. The maximum absolute atomic E-state index is 5.79. The van der Waals surface area contributed by atoms with Gasteiger partial charge in [-0.1, -0.05) is 11.6 Å². The monoisotopic (exact) mass is 402 g/mol. The maximum atomic E-state index is 5.79. The molecule has 0 fully saturated rings. The minimum atomic E-state index is -0.0556. The summed E-state index contributed by atoms with van der Waals surface area (Å²) in [4.78, 5) is 4.10. The van der Waals surface area contributed by atoms with Crippen LogP contribution in [-0.2, 0) is 0 Å². The molecule has 0 aliphatic heterocycles. The molecule has 7 N–H and O–H groups in total. The van der Waals surface area contributed by atoms with Crippen LogP contribution >= 0.6 is 36.4 Å². The summed E-state index contributed by atoms with van der Waals surface area (Å²) in [6.45, 7) is 0. The fourth-order valence-corrected chi connectivity index (χ4v) is 1.64. The Morgan fingerprint density at radius 2 is 1.40 bits per heavy atom. The fourth-order valence-electron chi connectivity index (χ4n) is 1.51. The van der Waals surface area contributed by atoms with Gasteiger partial charge in [-0.2, -0.15) is 0 Å². The second kappa shape index (κ2) is 11.1. The number of nitrogens with zero attached hydrogens (tertiary/aromatic N) is 4. The summed E-state index contributed by atoms with van der Waals surface area (Å²) in [6.07, 6.45) is 0. The number of azo groups is 1. The Hall–Kier alpha value is -2.55. The van der Waals surface area contributed by atoms with Crippen LogP contribution in [0.15, 0.2) is 68.9 Å². The molecule has 0 heterocycles. The van der Waals surface area contributed by atoms with E-state index in [0.717, 1.165) is 0 Å². The molecule has 2 rings (SSSR count). The Kier molecular flexibility index (Phi) is 9.95. The van der Waals surface area contributed by atoms with Crippen LogP contribution in [0.25, 0.3) is 0 Å². The van der Waals surface area contributed by atoms with E-state index < -0.39 is 0 Å². The van der Waals surface area contributed by atoms with E-state index in [0.29, 0.717) is 22.1 Å². The van der Waals surface area contributed by atoms with E-state index in [2.05, 4.69) is 25.7 Å². The lowest BCUT2D eigenvalue weighted by atomic mass is 10.3. The van der Waals surface area contributed by atoms with E-state index in [4.69, 9.17) is 28.8 Å². The Balaban J connectivity index is 0.00000288. The second-order valence-electron chi connectivity index (χ2n) is 4.34. The molecule has 11 heteroatoms. The molecule has 0 radical (unpaired) electrons. The maximum Gasteiger partial charge on any atom is 0.240 e. The van der Waals surface area contributed by atoms with Crippen molar-refractivity contribution in [3.05, 3.63) is 53.6 Å². The van der Waals surface area contributed by atoms with Gasteiger partial charge in [-0.05, 0) is 48.5 Å². The third-order valence-corrected chi connectivity index (χ3v) is 2.77. The average Bonchev–Trinajstić information content (AvgIpc) is 2.54. The first-order chi connectivity index (χ1) is 11.0. The van der Waals surface area contributed by atoms with Gasteiger partial charge in [0.05, 0.1) is 17.1 Å². The van der Waals surface area contributed by atoms with Crippen molar-refractivity contribution in [2.24, 2.45) is 37.5 Å². The summed E-state index contributed by atoms with van der Waals surface area (Å²) in [5.41, 5.74) is 20.8. The Morgan fingerprint density at radius 3 is 1.96 bits per heavy atom. The van der Waals surface area contributed by atoms with Gasteiger partial charge in [-0.15, -0.1) is 40.1 Å². The molecule has 0 amide bonds. The lowest BCUT2D eigenvalue weighted by Crippen LogP contribution is -2.23. The van der Waals surface area contributed by atoms with Gasteiger partial charge in [0, 0.05) is 5.02 Å². The summed E-state index contributed by atoms with van der Waals surface area (Å²) < 4.78 is 0. The molecule has 0 saturated heterocycles. The molecule has 0 saturated carbocycles. The Labute approximate surface area is 162 Å². The summed E-state index contributed by atoms with van der Waals surface area (Å²) in [6, 6.07) is 13.8. The molecule has 0 atom stereocenters. The van der Waals surface area contributed by atoms with Crippen molar-refractivity contribution in [1.82, 2.24) is 0 Å². The number of guanidine groups is 2. The van der Waals surface area contributed by atoms with Crippen LogP contribution in [0.5, 0.6) is 0 Å². The molecule has 0 bridgehead atoms. The number of halogens is 3. The lowest BCUT2D eigenvalue weighted by Gasteiger charge is -2.00. The smallest absolute Gasteiger partial charge is 0.240 e. The average molecular weight is 404 g/mol. The largest absolute Gasteiger partial charge is 0.369 e. The Morgan fingerprint density at radius 1 is 0.840 bits per heavy atom. The van der Waals surface area contributed by atoms with E-state index in [1.165, 1.54) is 0 Å². The van der Waals surface area contributed by atoms with Gasteiger partial charge < -0.3 is 17.2 Å². The predicted octanol–water partition coefficient (Wildman–Crippen LogP) is 3.51. The first-order valence-electron chi connectivity index (χ1n) is 6.49. The topological polar surface area (TPSA) is 140 Å². The molecule has 0 unspecified atom stereocenters. The molecule has 0 aliphatic carbocycles. The molecular formula is C14H17Cl3N8. The van der Waals surface area contributed by atoms with Crippen molar-refractivity contribution < 1.29 is 0 Å². The predicted molar refractivity (Wildman–Crippen MR) is 108 cm³/mol. The van der Waals surface area contributed by atoms with E-state index in [1.54, 1.807) is 48.5 Å². The zero-order valence-electron chi connectivity index (χ0n) is 12.8. The van der Waals surface area contributed by atoms with Crippen LogP contribution < -0.4 is 22.6 Å². The number of anilines is 1. The van der Waals surface area contributed by atoms with Crippen molar-refractivity contribution in [2.75, 3.05) is 5.43 Å². The summed E-state index contributed by atoms with van der Waals surface area (Å²) >= 11 is 5.79. The summed E-state index contributed by atoms with van der Waals surface area (Å²) in [5.74, 6) is -0.0185. The van der Waals surface area contributed by atoms with Crippen molar-refractivity contribution in [1.29, 1.82) is 0 Å². The lowest BCUT2D eigenvalue weighted by molar-refractivity contribution is 1.23. The SMILES string of the molecule is Cl.Cl.NC(N)=NNc1ccc(N=NC(N)=Nc2ccc(Cl)cc2)cc1. The van der Waals surface area contributed by atoms with Crippen LogP contribution in [0, 0.1) is 0 Å². The zero-order chi connectivity index (χ0) is 16.7. The number of nitrogens with one attached hydrogen (secondary N) is 1. The fraction of sp³-hybridized carbons (Fsp3) is 0. The molecular weight excluding hydrogens is 387 g/mol. The highest BCUT2D eigenvalue weighted by molar-refractivity contribution is 6.30. The van der Waals surface area contributed by atoms with E-state index in [-0.39, 0.29) is 36.7 Å². The molecule has 2 aromatic rings. The van der Waals surface area contributed by atoms with Gasteiger partial charge in [0.15, 0.2) is 0 Å². The normalized spacial score (nSPS) is 10.5. The summed E-state index contributed by atoms with van der Waals surface area (Å²) in [7, 11) is 0. The number of hydrazone groups is 1. The minimum Gasteiger partial charge on any atom is -0.369 e. The third-order valence-electron chi connectivity index (χ3n) is 2.52. The molecule has 8 nitrogen and oxygen atoms in total. The van der Waals surface area contributed by atoms with Gasteiger partial charge in [0.2, 0.25) is 11.9 Å². The molecule has 134 valence electrons. The van der Waals surface area contributed by atoms with Gasteiger partial charge in [0.1, 0.15) is 0 Å². The van der Waals surface area contributed by atoms with Crippen molar-refractivity contribution in [2.45, 2.75) is 0 Å². The minimum absolute atomic E-state index is 0. The molecule has 0 spiro atoms. The molecule has 25 heavy (non-hydrogen) atoms. The van der Waals surface area contributed by atoms with Crippen LogP contribution in [0.3, 0.4) is 0 Å². The molecule has 0 aromatic heterocycles. The molecule has 2 aromatic carbocycles. The first-order valence-corrected chi connectivity index (χ1v) is 6.87. The highest BCUT2D eigenvalue weighted by Gasteiger charge is 1.95. The number of rotatable bonds is 4. The van der Waals surface area contributed by atoms with Crippen molar-refractivity contribution in [3.63, 3.8) is 0 Å². The van der Waals surface area contributed by atoms with E-state index in [9.17, 15) is 0 Å². The van der Waals surface area contributed by atoms with Crippen molar-refractivity contribution in [3.8, 4) is 0 Å². The number of hydrogen-bond acceptors (Lipinski definition) is 4. The van der Waals surface area contributed by atoms with Gasteiger partial charge in [-0.25, -0.2) is 4.99 Å². The number of benzene rings is 2. The second-order valence-corrected chi connectivity index (χ2v) is 4.78. The number of aliphatic imine (C=N–C) groups is 1. The highest BCUT2D eigenvalue weighted by atomic mass is 35.5. The van der Waals surface area contributed by atoms with Gasteiger partial charge in [0.25, 0.3) is 0 Å². The summed E-state index contributed by atoms with van der Waals surface area (Å²) in [5, 5.41) is 12.1. The number of hydrogen-bond donors (Lipinski definition) is 4. The molecule has 0 aliphatic rings. The van der Waals surface area contributed by atoms with E-state index in [1.807, 2.05) is 0 Å². The Bertz CT molecular complexity index is 738. The van der Waals surface area contributed by atoms with Crippen LogP contribution in [0.4, 0.5) is 17.1 Å². The quantitative estimate of drug-likeness (QED) is 0.268. The highest BCUT2D eigenvalue weighted by Crippen LogP contribution is 2.18. The van der Waals surface area contributed by atoms with E-state index >= 15 is 0 Å².